The van der Waals surface area contributed by atoms with E-state index in [1.807, 2.05) is 0 Å². The quantitative estimate of drug-likeness (QED) is 0.0882. The number of carbonyl (C=O) groups is 4. The van der Waals surface area contributed by atoms with Crippen molar-refractivity contribution in [1.82, 2.24) is 30.2 Å². The molecule has 2 fully saturated rings. The van der Waals surface area contributed by atoms with Crippen molar-refractivity contribution >= 4 is 23.8 Å². The van der Waals surface area contributed by atoms with Crippen LogP contribution < -0.4 is 10.6 Å². The lowest BCUT2D eigenvalue weighted by Gasteiger charge is -2.38. The third-order valence-electron chi connectivity index (χ3n) is 7.03. The molecule has 0 spiro atoms. The Morgan fingerprint density at radius 2 is 1.00 bits per heavy atom. The Morgan fingerprint density at radius 3 is 1.40 bits per heavy atom. The predicted octanol–water partition coefficient (Wildman–Crippen LogP) is -6.03. The summed E-state index contributed by atoms with van der Waals surface area (Å²) in [5, 5.41) is 72.4. The number of carbonyl (C=O) groups excluding carboxylic acids is 1. The first-order chi connectivity index (χ1) is 19.8. The van der Waals surface area contributed by atoms with Gasteiger partial charge in [0.15, 0.2) is 6.29 Å². The van der Waals surface area contributed by atoms with Gasteiger partial charge in [0.25, 0.3) is 0 Å². The van der Waals surface area contributed by atoms with Crippen molar-refractivity contribution in [3.05, 3.63) is 0 Å². The topological polar surface area (TPSA) is 256 Å². The number of hydrogen-bond donors (Lipinski definition) is 9. The maximum absolute atomic E-state index is 12.7. The van der Waals surface area contributed by atoms with E-state index in [0.29, 0.717) is 13.1 Å². The van der Waals surface area contributed by atoms with Crippen LogP contribution in [0.15, 0.2) is 0 Å². The van der Waals surface area contributed by atoms with Crippen LogP contribution in [0, 0.1) is 0 Å². The molecule has 9 N–H and O–H groups in total. The summed E-state index contributed by atoms with van der Waals surface area (Å²) < 4.78 is 5.08. The Bertz CT molecular complexity index is 853. The fourth-order valence-electron chi connectivity index (χ4n) is 4.68. The van der Waals surface area contributed by atoms with E-state index in [-0.39, 0.29) is 91.0 Å². The van der Waals surface area contributed by atoms with Gasteiger partial charge in [-0.1, -0.05) is 0 Å². The Hall–Kier alpha value is -2.52. The summed E-state index contributed by atoms with van der Waals surface area (Å²) in [6, 6.07) is 0. The molecular weight excluding hydrogens is 564 g/mol. The second kappa shape index (κ2) is 18.2. The molecule has 2 heterocycles. The van der Waals surface area contributed by atoms with E-state index >= 15 is 0 Å². The molecule has 18 heteroatoms. The zero-order valence-electron chi connectivity index (χ0n) is 23.5. The highest BCUT2D eigenvalue weighted by Crippen LogP contribution is 2.19. The lowest BCUT2D eigenvalue weighted by atomic mass is 9.99. The SMILES string of the molecule is O=C(O)CN1CCN(CC(=O)O)CCN(CC(=O)NCCNC[C@H]2O[C@H](O)[C@H](O)[C@@H](O)[C@@H]2O)CCN(CC(=O)O)CC1. The molecule has 0 saturated carbocycles. The monoisotopic (exact) mass is 608 g/mol. The highest BCUT2D eigenvalue weighted by atomic mass is 16.6. The van der Waals surface area contributed by atoms with E-state index in [4.69, 9.17) is 4.74 Å². The lowest BCUT2D eigenvalue weighted by Crippen LogP contribution is -2.59. The van der Waals surface area contributed by atoms with Crippen LogP contribution in [0.25, 0.3) is 0 Å². The highest BCUT2D eigenvalue weighted by Gasteiger charge is 2.42. The number of carboxylic acid groups (broad SMARTS) is 3. The molecule has 18 nitrogen and oxygen atoms in total. The van der Waals surface area contributed by atoms with E-state index in [9.17, 15) is 54.9 Å². The first-order valence-electron chi connectivity index (χ1n) is 13.8. The molecule has 1 amide bonds. The van der Waals surface area contributed by atoms with Crippen molar-refractivity contribution in [1.29, 1.82) is 0 Å². The first kappa shape index (κ1) is 35.7. The Balaban J connectivity index is 1.90. The van der Waals surface area contributed by atoms with Crippen molar-refractivity contribution in [2.45, 2.75) is 30.7 Å². The molecule has 5 atom stereocenters. The van der Waals surface area contributed by atoms with Crippen LogP contribution >= 0.6 is 0 Å². The maximum atomic E-state index is 12.7. The smallest absolute Gasteiger partial charge is 0.317 e. The van der Waals surface area contributed by atoms with Gasteiger partial charge >= 0.3 is 17.9 Å². The normalized spacial score (nSPS) is 28.0. The molecule has 0 aromatic carbocycles. The lowest BCUT2D eigenvalue weighted by molar-refractivity contribution is -0.280. The number of rotatable bonds is 13. The van der Waals surface area contributed by atoms with Gasteiger partial charge in [-0.05, 0) is 0 Å². The second-order valence-corrected chi connectivity index (χ2v) is 10.4. The minimum absolute atomic E-state index is 0.0340. The molecule has 0 aliphatic carbocycles. The van der Waals surface area contributed by atoms with Crippen LogP contribution in [-0.2, 0) is 23.9 Å². The van der Waals surface area contributed by atoms with Gasteiger partial charge in [0.1, 0.15) is 24.4 Å². The summed E-state index contributed by atoms with van der Waals surface area (Å²) in [6.45, 7) is 1.97. The number of aliphatic hydroxyl groups excluding tert-OH is 4. The number of nitrogens with zero attached hydrogens (tertiary/aromatic N) is 4. The Labute approximate surface area is 243 Å². The number of nitrogens with one attached hydrogen (secondary N) is 2. The van der Waals surface area contributed by atoms with Crippen LogP contribution in [-0.4, -0.2) is 208 Å². The van der Waals surface area contributed by atoms with Crippen LogP contribution in [0.5, 0.6) is 0 Å². The molecule has 0 aromatic heterocycles. The maximum Gasteiger partial charge on any atom is 0.317 e. The molecule has 0 radical (unpaired) electrons. The van der Waals surface area contributed by atoms with Crippen LogP contribution in [0.4, 0.5) is 0 Å². The predicted molar refractivity (Wildman–Crippen MR) is 143 cm³/mol. The van der Waals surface area contributed by atoms with E-state index in [1.54, 1.807) is 19.6 Å². The Kier molecular flexibility index (Phi) is 15.5. The van der Waals surface area contributed by atoms with Gasteiger partial charge in [0, 0.05) is 72.0 Å². The van der Waals surface area contributed by atoms with Crippen molar-refractivity contribution in [2.75, 3.05) is 98.2 Å². The largest absolute Gasteiger partial charge is 0.480 e. The van der Waals surface area contributed by atoms with Gasteiger partial charge in [0.05, 0.1) is 26.2 Å². The van der Waals surface area contributed by atoms with E-state index in [1.165, 1.54) is 0 Å². The average Bonchev–Trinajstić information content (AvgIpc) is 2.90. The summed E-state index contributed by atoms with van der Waals surface area (Å²) in [5.41, 5.74) is 0. The van der Waals surface area contributed by atoms with Crippen LogP contribution in [0.2, 0.25) is 0 Å². The fourth-order valence-corrected chi connectivity index (χ4v) is 4.68. The summed E-state index contributed by atoms with van der Waals surface area (Å²) in [5.74, 6) is -3.44. The number of hydrogen-bond acceptors (Lipinski definition) is 14. The molecule has 42 heavy (non-hydrogen) atoms. The molecule has 2 aliphatic heterocycles. The molecule has 242 valence electrons. The van der Waals surface area contributed by atoms with Gasteiger partial charge in [-0.2, -0.15) is 0 Å². The zero-order valence-corrected chi connectivity index (χ0v) is 23.5. The van der Waals surface area contributed by atoms with Crippen molar-refractivity contribution in [2.24, 2.45) is 0 Å². The third-order valence-corrected chi connectivity index (χ3v) is 7.03. The summed E-state index contributed by atoms with van der Waals surface area (Å²) in [6.07, 6.45) is -7.23. The minimum Gasteiger partial charge on any atom is -0.480 e. The van der Waals surface area contributed by atoms with Gasteiger partial charge in [0.2, 0.25) is 5.91 Å². The fraction of sp³-hybridized carbons (Fsp3) is 0.833. The van der Waals surface area contributed by atoms with Gasteiger partial charge < -0.3 is 51.1 Å². The van der Waals surface area contributed by atoms with Crippen LogP contribution in [0.3, 0.4) is 0 Å². The van der Waals surface area contributed by atoms with E-state index in [2.05, 4.69) is 10.6 Å². The number of amides is 1. The second-order valence-electron chi connectivity index (χ2n) is 10.4. The summed E-state index contributed by atoms with van der Waals surface area (Å²) in [4.78, 5) is 53.5. The molecule has 0 unspecified atom stereocenters. The van der Waals surface area contributed by atoms with Gasteiger partial charge in [-0.25, -0.2) is 0 Å². The summed E-state index contributed by atoms with van der Waals surface area (Å²) >= 11 is 0. The third kappa shape index (κ3) is 13.2. The van der Waals surface area contributed by atoms with Gasteiger partial charge in [-0.3, -0.25) is 38.8 Å². The zero-order chi connectivity index (χ0) is 31.2. The molecule has 0 aromatic rings. The average molecular weight is 609 g/mol. The van der Waals surface area contributed by atoms with E-state index in [0.717, 1.165) is 0 Å². The number of aliphatic hydroxyl groups is 4. The van der Waals surface area contributed by atoms with Crippen molar-refractivity contribution in [3.63, 3.8) is 0 Å². The van der Waals surface area contributed by atoms with Crippen molar-refractivity contribution in [3.8, 4) is 0 Å². The number of aliphatic carboxylic acids is 3. The number of carboxylic acids is 3. The molecular formula is C24H44N6O12. The highest BCUT2D eigenvalue weighted by molar-refractivity contribution is 5.78. The first-order valence-corrected chi connectivity index (χ1v) is 13.8. The van der Waals surface area contributed by atoms with Crippen LogP contribution in [0.1, 0.15) is 0 Å². The number of ether oxygens (including phenoxy) is 1. The van der Waals surface area contributed by atoms with Gasteiger partial charge in [-0.15, -0.1) is 0 Å². The van der Waals surface area contributed by atoms with E-state index < -0.39 is 48.6 Å². The molecule has 2 saturated heterocycles. The van der Waals surface area contributed by atoms with Crippen molar-refractivity contribution < 1.29 is 59.7 Å². The minimum atomic E-state index is -1.64. The molecule has 2 aliphatic rings. The summed E-state index contributed by atoms with van der Waals surface area (Å²) in [7, 11) is 0. The standard InChI is InChI=1S/C24H44N6O12/c31-17(26-2-1-25-11-16-21(38)22(39)23(40)24(41)42-16)12-27-3-5-28(13-18(32)33)7-9-30(15-20(36)37)10-8-29(6-4-27)14-19(34)35/h16,21-25,38-41H,1-15H2,(H,26,31)(H,32,33)(H,34,35)(H,36,37)/t16-,21-,22+,23-,24+/m1/s1. The molecule has 0 bridgehead atoms. The molecule has 2 rings (SSSR count). The Morgan fingerprint density at radius 1 is 0.595 bits per heavy atom.